The average Bonchev–Trinajstić information content (AvgIpc) is 2.87. The number of aliphatic hydroxyl groups is 1. The van der Waals surface area contributed by atoms with Gasteiger partial charge in [0.2, 0.25) is 0 Å². The summed E-state index contributed by atoms with van der Waals surface area (Å²) in [6.45, 7) is 0.286. The highest BCUT2D eigenvalue weighted by atomic mass is 35.5. The van der Waals surface area contributed by atoms with E-state index >= 15 is 0 Å². The third-order valence-corrected chi connectivity index (χ3v) is 6.62. The second kappa shape index (κ2) is 7.13. The van der Waals surface area contributed by atoms with Crippen molar-refractivity contribution < 1.29 is 18.3 Å². The lowest BCUT2D eigenvalue weighted by Gasteiger charge is -2.22. The molecule has 7 heteroatoms. The first kappa shape index (κ1) is 18.3. The molecule has 0 spiro atoms. The largest absolute Gasteiger partial charge is 0.389 e. The Bertz CT molecular complexity index is 1080. The molecule has 0 bridgehead atoms. The molecule has 0 unspecified atom stereocenters. The van der Waals surface area contributed by atoms with E-state index in [0.717, 1.165) is 10.9 Å². The Kier molecular flexibility index (Phi) is 4.82. The number of hydrogen-bond donors (Lipinski definition) is 1. The Morgan fingerprint density at radius 2 is 1.74 bits per heavy atom. The summed E-state index contributed by atoms with van der Waals surface area (Å²) >= 11 is 5.85. The number of β-amino-alcohol motifs (C(OH)–C–C–N with tert-alkyl or cyclic N) is 1. The zero-order valence-corrected chi connectivity index (χ0v) is 15.9. The van der Waals surface area contributed by atoms with Crippen LogP contribution in [0.25, 0.3) is 10.8 Å². The summed E-state index contributed by atoms with van der Waals surface area (Å²) < 4.78 is 32.6. The highest BCUT2D eigenvalue weighted by Gasteiger charge is 2.36. The summed E-state index contributed by atoms with van der Waals surface area (Å²) in [5.41, 5.74) is 1.53. The molecule has 0 radical (unpaired) electrons. The fourth-order valence-electron chi connectivity index (χ4n) is 3.29. The van der Waals surface area contributed by atoms with Crippen molar-refractivity contribution in [3.05, 3.63) is 71.2 Å². The van der Waals surface area contributed by atoms with E-state index in [1.807, 2.05) is 30.3 Å². The molecule has 1 atom stereocenters. The maximum Gasteiger partial charge on any atom is 0.265 e. The summed E-state index contributed by atoms with van der Waals surface area (Å²) in [5.74, 6) is 0. The highest BCUT2D eigenvalue weighted by Crippen LogP contribution is 2.41. The van der Waals surface area contributed by atoms with E-state index in [4.69, 9.17) is 16.3 Å². The first-order valence-electron chi connectivity index (χ1n) is 8.51. The number of nitrogens with zero attached hydrogens (tertiary/aromatic N) is 1. The normalized spacial score (nSPS) is 16.0. The number of benzene rings is 3. The van der Waals surface area contributed by atoms with Crippen LogP contribution in [0.15, 0.2) is 65.6 Å². The molecule has 3 aromatic rings. The third-order valence-electron chi connectivity index (χ3n) is 4.55. The van der Waals surface area contributed by atoms with E-state index in [1.165, 1.54) is 4.31 Å². The van der Waals surface area contributed by atoms with Crippen molar-refractivity contribution in [2.45, 2.75) is 17.6 Å². The van der Waals surface area contributed by atoms with Crippen LogP contribution < -0.4 is 4.31 Å². The lowest BCUT2D eigenvalue weighted by molar-refractivity contribution is 0.0334. The topological polar surface area (TPSA) is 66.8 Å². The van der Waals surface area contributed by atoms with Crippen LogP contribution in [0.1, 0.15) is 5.56 Å². The van der Waals surface area contributed by atoms with Gasteiger partial charge >= 0.3 is 0 Å². The first-order chi connectivity index (χ1) is 13.0. The first-order valence-corrected chi connectivity index (χ1v) is 10.3. The van der Waals surface area contributed by atoms with Crippen LogP contribution in [-0.4, -0.2) is 32.8 Å². The Morgan fingerprint density at radius 3 is 2.48 bits per heavy atom. The van der Waals surface area contributed by atoms with Gasteiger partial charge in [0.05, 0.1) is 36.4 Å². The second-order valence-electron chi connectivity index (χ2n) is 6.46. The molecule has 0 aromatic heterocycles. The smallest absolute Gasteiger partial charge is 0.265 e. The SMILES string of the molecule is O=S1(=O)c2cccc3cccc(c23)N1C[C@H](O)COCc1ccc(Cl)cc1. The monoisotopic (exact) mass is 403 g/mol. The Morgan fingerprint density at radius 1 is 1.04 bits per heavy atom. The van der Waals surface area contributed by atoms with Crippen LogP contribution >= 0.6 is 11.6 Å². The van der Waals surface area contributed by atoms with Gasteiger partial charge in [-0.3, -0.25) is 4.31 Å². The number of rotatable bonds is 6. The number of hydrogen-bond acceptors (Lipinski definition) is 4. The van der Waals surface area contributed by atoms with E-state index in [2.05, 4.69) is 0 Å². The minimum absolute atomic E-state index is 0.0287. The van der Waals surface area contributed by atoms with Gasteiger partial charge in [-0.25, -0.2) is 8.42 Å². The van der Waals surface area contributed by atoms with Gasteiger partial charge in [0, 0.05) is 10.4 Å². The van der Waals surface area contributed by atoms with Crippen LogP contribution in [0.2, 0.25) is 5.02 Å². The second-order valence-corrected chi connectivity index (χ2v) is 8.73. The Labute approximate surface area is 162 Å². The van der Waals surface area contributed by atoms with Crippen molar-refractivity contribution in [1.82, 2.24) is 0 Å². The number of sulfonamides is 1. The van der Waals surface area contributed by atoms with Crippen molar-refractivity contribution in [2.75, 3.05) is 17.5 Å². The van der Waals surface area contributed by atoms with Gasteiger partial charge in [-0.05, 0) is 35.2 Å². The van der Waals surface area contributed by atoms with Crippen LogP contribution in [0.5, 0.6) is 0 Å². The average molecular weight is 404 g/mol. The van der Waals surface area contributed by atoms with Crippen molar-refractivity contribution in [1.29, 1.82) is 0 Å². The molecule has 1 aliphatic rings. The Hall–Kier alpha value is -2.12. The van der Waals surface area contributed by atoms with Crippen molar-refractivity contribution in [3.63, 3.8) is 0 Å². The molecule has 0 saturated heterocycles. The van der Waals surface area contributed by atoms with Crippen LogP contribution in [0.4, 0.5) is 5.69 Å². The van der Waals surface area contributed by atoms with Crippen LogP contribution in [0.3, 0.4) is 0 Å². The van der Waals surface area contributed by atoms with Crippen molar-refractivity contribution in [2.24, 2.45) is 0 Å². The van der Waals surface area contributed by atoms with Crippen molar-refractivity contribution >= 4 is 38.1 Å². The quantitative estimate of drug-likeness (QED) is 0.683. The minimum atomic E-state index is -3.67. The summed E-state index contributed by atoms with van der Waals surface area (Å²) in [6, 6.07) is 17.9. The molecular weight excluding hydrogens is 386 g/mol. The van der Waals surface area contributed by atoms with Gasteiger partial charge < -0.3 is 9.84 Å². The molecule has 1 N–H and O–H groups in total. The molecule has 3 aromatic carbocycles. The molecule has 140 valence electrons. The molecule has 5 nitrogen and oxygen atoms in total. The van der Waals surface area contributed by atoms with Gasteiger partial charge in [0.25, 0.3) is 10.0 Å². The van der Waals surface area contributed by atoms with Crippen LogP contribution in [0, 0.1) is 0 Å². The van der Waals surface area contributed by atoms with Gasteiger partial charge in [-0.2, -0.15) is 0 Å². The summed E-state index contributed by atoms with van der Waals surface area (Å²) in [4.78, 5) is 0.282. The van der Waals surface area contributed by atoms with Gasteiger partial charge in [-0.1, -0.05) is 48.0 Å². The lowest BCUT2D eigenvalue weighted by Crippen LogP contribution is -2.37. The highest BCUT2D eigenvalue weighted by molar-refractivity contribution is 7.93. The minimum Gasteiger partial charge on any atom is -0.389 e. The fourth-order valence-corrected chi connectivity index (χ4v) is 5.17. The van der Waals surface area contributed by atoms with Gasteiger partial charge in [0.1, 0.15) is 0 Å². The van der Waals surface area contributed by atoms with E-state index in [0.29, 0.717) is 22.7 Å². The third kappa shape index (κ3) is 3.41. The van der Waals surface area contributed by atoms with Gasteiger partial charge in [0.15, 0.2) is 0 Å². The molecule has 0 saturated carbocycles. The predicted molar refractivity (Wildman–Crippen MR) is 106 cm³/mol. The molecule has 27 heavy (non-hydrogen) atoms. The number of aliphatic hydroxyl groups excluding tert-OH is 1. The maximum atomic E-state index is 12.9. The van der Waals surface area contributed by atoms with Crippen LogP contribution in [-0.2, 0) is 21.4 Å². The number of halogens is 1. The van der Waals surface area contributed by atoms with Crippen molar-refractivity contribution in [3.8, 4) is 0 Å². The zero-order valence-electron chi connectivity index (χ0n) is 14.4. The summed E-state index contributed by atoms with van der Waals surface area (Å²) in [5, 5.41) is 12.6. The number of ether oxygens (including phenoxy) is 1. The summed E-state index contributed by atoms with van der Waals surface area (Å²) in [6.07, 6.45) is -0.948. The molecule has 1 aliphatic heterocycles. The molecule has 0 amide bonds. The zero-order chi connectivity index (χ0) is 19.0. The summed E-state index contributed by atoms with van der Waals surface area (Å²) in [7, 11) is -3.67. The lowest BCUT2D eigenvalue weighted by atomic mass is 10.1. The molecule has 0 aliphatic carbocycles. The number of anilines is 1. The molecule has 1 heterocycles. The van der Waals surface area contributed by atoms with E-state index in [-0.39, 0.29) is 18.0 Å². The van der Waals surface area contributed by atoms with Gasteiger partial charge in [-0.15, -0.1) is 0 Å². The van der Waals surface area contributed by atoms with E-state index < -0.39 is 16.1 Å². The standard InChI is InChI=1S/C20H18ClNO4S/c21-16-9-7-14(8-10-16)12-26-13-17(23)11-22-18-5-1-3-15-4-2-6-19(20(15)18)27(22,24)25/h1-10,17,23H,11-13H2/t17-/m0/s1. The predicted octanol–water partition coefficient (Wildman–Crippen LogP) is 3.58. The fraction of sp³-hybridized carbons (Fsp3) is 0.200. The molecule has 4 rings (SSSR count). The molecule has 0 fully saturated rings. The van der Waals surface area contributed by atoms with E-state index in [1.54, 1.807) is 30.3 Å². The molecular formula is C20H18ClNO4S. The van der Waals surface area contributed by atoms with E-state index in [9.17, 15) is 13.5 Å². The Balaban J connectivity index is 1.46. The maximum absolute atomic E-state index is 12.9.